The van der Waals surface area contributed by atoms with E-state index in [9.17, 15) is 9.18 Å². The molecule has 1 aliphatic rings. The zero-order valence-electron chi connectivity index (χ0n) is 16.0. The molecule has 4 rings (SSSR count). The zero-order valence-corrected chi connectivity index (χ0v) is 16.8. The highest BCUT2D eigenvalue weighted by atomic mass is 32.1. The number of halogens is 1. The first-order chi connectivity index (χ1) is 13.5. The number of hydrogen-bond donors (Lipinski definition) is 0. The van der Waals surface area contributed by atoms with Crippen molar-refractivity contribution >= 4 is 17.2 Å². The third-order valence-corrected chi connectivity index (χ3v) is 6.19. The van der Waals surface area contributed by atoms with Crippen LogP contribution in [-0.2, 0) is 0 Å². The van der Waals surface area contributed by atoms with E-state index >= 15 is 0 Å². The van der Waals surface area contributed by atoms with Gasteiger partial charge in [-0.3, -0.25) is 4.79 Å². The van der Waals surface area contributed by atoms with Crippen LogP contribution < -0.4 is 0 Å². The van der Waals surface area contributed by atoms with Crippen molar-refractivity contribution in [1.29, 1.82) is 0 Å². The molecule has 6 heteroatoms. The SMILES string of the molecule is Cc1cc(C)cc(C(=O)N2CCCC(c3nnc(-c4ccccc4F)s3)C2)c1. The Hall–Kier alpha value is -2.60. The van der Waals surface area contributed by atoms with Crippen molar-refractivity contribution in [3.63, 3.8) is 0 Å². The van der Waals surface area contributed by atoms with E-state index in [1.54, 1.807) is 18.2 Å². The lowest BCUT2D eigenvalue weighted by molar-refractivity contribution is 0.0706. The number of hydrogen-bond acceptors (Lipinski definition) is 4. The molecule has 1 unspecified atom stereocenters. The fourth-order valence-electron chi connectivity index (χ4n) is 3.79. The van der Waals surface area contributed by atoms with Crippen molar-refractivity contribution in [2.75, 3.05) is 13.1 Å². The van der Waals surface area contributed by atoms with E-state index in [1.807, 2.05) is 30.9 Å². The lowest BCUT2D eigenvalue weighted by Crippen LogP contribution is -2.39. The predicted molar refractivity (Wildman–Crippen MR) is 109 cm³/mol. The Morgan fingerprint density at radius 2 is 1.89 bits per heavy atom. The van der Waals surface area contributed by atoms with Gasteiger partial charge in [-0.1, -0.05) is 40.7 Å². The van der Waals surface area contributed by atoms with Crippen molar-refractivity contribution in [2.24, 2.45) is 0 Å². The van der Waals surface area contributed by atoms with Gasteiger partial charge in [-0.2, -0.15) is 0 Å². The summed E-state index contributed by atoms with van der Waals surface area (Å²) in [4.78, 5) is 14.9. The standard InChI is InChI=1S/C22H22FN3OS/c1-14-10-15(2)12-17(11-14)22(27)26-9-5-6-16(13-26)20-24-25-21(28-20)18-7-3-4-8-19(18)23/h3-4,7-8,10-12,16H,5-6,9,13H2,1-2H3. The van der Waals surface area contributed by atoms with Gasteiger partial charge in [-0.15, -0.1) is 10.2 Å². The Balaban J connectivity index is 1.53. The van der Waals surface area contributed by atoms with Crippen LogP contribution in [-0.4, -0.2) is 34.1 Å². The number of likely N-dealkylation sites (tertiary alicyclic amines) is 1. The smallest absolute Gasteiger partial charge is 0.253 e. The van der Waals surface area contributed by atoms with Gasteiger partial charge in [0.25, 0.3) is 5.91 Å². The van der Waals surface area contributed by atoms with Crippen LogP contribution in [0, 0.1) is 19.7 Å². The van der Waals surface area contributed by atoms with Crippen molar-refractivity contribution in [3.05, 3.63) is 70.0 Å². The molecule has 1 aromatic heterocycles. The maximum atomic E-state index is 14.0. The molecule has 0 saturated carbocycles. The topological polar surface area (TPSA) is 46.1 Å². The number of piperidine rings is 1. The fraction of sp³-hybridized carbons (Fsp3) is 0.318. The molecule has 4 nitrogen and oxygen atoms in total. The number of rotatable bonds is 3. The summed E-state index contributed by atoms with van der Waals surface area (Å²) in [6, 6.07) is 12.6. The first-order valence-electron chi connectivity index (χ1n) is 9.47. The molecule has 0 N–H and O–H groups in total. The highest BCUT2D eigenvalue weighted by Crippen LogP contribution is 2.34. The van der Waals surface area contributed by atoms with Crippen LogP contribution >= 0.6 is 11.3 Å². The number of nitrogens with zero attached hydrogens (tertiary/aromatic N) is 3. The van der Waals surface area contributed by atoms with Gasteiger partial charge in [0.05, 0.1) is 0 Å². The number of aryl methyl sites for hydroxylation is 2. The predicted octanol–water partition coefficient (Wildman–Crippen LogP) is 4.98. The third kappa shape index (κ3) is 3.83. The summed E-state index contributed by atoms with van der Waals surface area (Å²) in [7, 11) is 0. The Morgan fingerprint density at radius 1 is 1.14 bits per heavy atom. The van der Waals surface area contributed by atoms with Gasteiger partial charge in [-0.05, 0) is 51.0 Å². The molecule has 2 aromatic carbocycles. The van der Waals surface area contributed by atoms with Crippen LogP contribution in [0.25, 0.3) is 10.6 Å². The van der Waals surface area contributed by atoms with Crippen LogP contribution in [0.4, 0.5) is 4.39 Å². The van der Waals surface area contributed by atoms with Crippen LogP contribution in [0.2, 0.25) is 0 Å². The normalized spacial score (nSPS) is 17.0. The third-order valence-electron chi connectivity index (χ3n) is 5.07. The number of carbonyl (C=O) groups is 1. The molecular weight excluding hydrogens is 373 g/mol. The second kappa shape index (κ2) is 7.80. The minimum absolute atomic E-state index is 0.0651. The molecule has 3 aromatic rings. The summed E-state index contributed by atoms with van der Waals surface area (Å²) >= 11 is 1.42. The maximum Gasteiger partial charge on any atom is 0.253 e. The molecule has 0 spiro atoms. The number of aromatic nitrogens is 2. The molecule has 1 atom stereocenters. The van der Waals surface area contributed by atoms with Gasteiger partial charge >= 0.3 is 0 Å². The Kier molecular flexibility index (Phi) is 5.22. The second-order valence-corrected chi connectivity index (χ2v) is 8.40. The largest absolute Gasteiger partial charge is 0.338 e. The van der Waals surface area contributed by atoms with Gasteiger partial charge in [-0.25, -0.2) is 4.39 Å². The van der Waals surface area contributed by atoms with Crippen molar-refractivity contribution in [3.8, 4) is 10.6 Å². The van der Waals surface area contributed by atoms with Crippen LogP contribution in [0.1, 0.15) is 45.3 Å². The van der Waals surface area contributed by atoms with E-state index in [-0.39, 0.29) is 17.6 Å². The average molecular weight is 396 g/mol. The monoisotopic (exact) mass is 395 g/mol. The second-order valence-electron chi connectivity index (χ2n) is 7.39. The molecule has 1 saturated heterocycles. The van der Waals surface area contributed by atoms with E-state index < -0.39 is 0 Å². The number of amides is 1. The average Bonchev–Trinajstić information content (AvgIpc) is 3.17. The molecule has 0 bridgehead atoms. The van der Waals surface area contributed by atoms with Gasteiger partial charge in [0.1, 0.15) is 10.8 Å². The molecule has 0 radical (unpaired) electrons. The van der Waals surface area contributed by atoms with Gasteiger partial charge in [0, 0.05) is 30.1 Å². The summed E-state index contributed by atoms with van der Waals surface area (Å²) in [6.07, 6.45) is 1.89. The summed E-state index contributed by atoms with van der Waals surface area (Å²) in [5.41, 5.74) is 3.40. The highest BCUT2D eigenvalue weighted by molar-refractivity contribution is 7.14. The van der Waals surface area contributed by atoms with Gasteiger partial charge < -0.3 is 4.90 Å². The van der Waals surface area contributed by atoms with Crippen LogP contribution in [0.5, 0.6) is 0 Å². The maximum absolute atomic E-state index is 14.0. The summed E-state index contributed by atoms with van der Waals surface area (Å²) in [6.45, 7) is 5.39. The van der Waals surface area contributed by atoms with Crippen molar-refractivity contribution in [1.82, 2.24) is 15.1 Å². The highest BCUT2D eigenvalue weighted by Gasteiger charge is 2.28. The van der Waals surface area contributed by atoms with Crippen molar-refractivity contribution < 1.29 is 9.18 Å². The molecule has 144 valence electrons. The minimum atomic E-state index is -0.291. The van der Waals surface area contributed by atoms with Gasteiger partial charge in [0.15, 0.2) is 5.01 Å². The number of carbonyl (C=O) groups excluding carboxylic acids is 1. The van der Waals surface area contributed by atoms with E-state index in [2.05, 4.69) is 16.3 Å². The van der Waals surface area contributed by atoms with Crippen LogP contribution in [0.3, 0.4) is 0 Å². The van der Waals surface area contributed by atoms with Gasteiger partial charge in [0.2, 0.25) is 0 Å². The lowest BCUT2D eigenvalue weighted by Gasteiger charge is -2.31. The van der Waals surface area contributed by atoms with E-state index in [0.717, 1.165) is 41.1 Å². The molecule has 0 aliphatic carbocycles. The Bertz CT molecular complexity index is 996. The molecule has 1 aliphatic heterocycles. The summed E-state index contributed by atoms with van der Waals surface area (Å²) < 4.78 is 14.0. The quantitative estimate of drug-likeness (QED) is 0.628. The lowest BCUT2D eigenvalue weighted by atomic mass is 9.97. The first-order valence-corrected chi connectivity index (χ1v) is 10.3. The molecule has 28 heavy (non-hydrogen) atoms. The Labute approximate surface area is 168 Å². The number of benzene rings is 2. The fourth-order valence-corrected chi connectivity index (χ4v) is 4.78. The van der Waals surface area contributed by atoms with Crippen LogP contribution in [0.15, 0.2) is 42.5 Å². The molecule has 2 heterocycles. The first kappa shape index (κ1) is 18.7. The zero-order chi connectivity index (χ0) is 19.7. The van der Waals surface area contributed by atoms with E-state index in [4.69, 9.17) is 0 Å². The Morgan fingerprint density at radius 3 is 2.64 bits per heavy atom. The summed E-state index contributed by atoms with van der Waals surface area (Å²) in [5.74, 6) is -0.0857. The molecule has 1 fully saturated rings. The van der Waals surface area contributed by atoms with E-state index in [0.29, 0.717) is 17.1 Å². The van der Waals surface area contributed by atoms with E-state index in [1.165, 1.54) is 17.4 Å². The van der Waals surface area contributed by atoms with Crippen molar-refractivity contribution in [2.45, 2.75) is 32.6 Å². The molecule has 1 amide bonds. The minimum Gasteiger partial charge on any atom is -0.338 e. The summed E-state index contributed by atoms with van der Waals surface area (Å²) in [5, 5.41) is 9.97. The molecular formula is C22H22FN3OS.